The molecule has 158 valence electrons. The van der Waals surface area contributed by atoms with Crippen molar-refractivity contribution in [3.8, 4) is 0 Å². The van der Waals surface area contributed by atoms with E-state index in [0.29, 0.717) is 17.7 Å². The molecule has 6 nitrogen and oxygen atoms in total. The molecule has 2 aliphatic heterocycles. The van der Waals surface area contributed by atoms with Crippen molar-refractivity contribution in [2.45, 2.75) is 57.8 Å². The van der Waals surface area contributed by atoms with Crippen molar-refractivity contribution in [1.82, 2.24) is 14.8 Å². The van der Waals surface area contributed by atoms with Gasteiger partial charge in [0.1, 0.15) is 0 Å². The van der Waals surface area contributed by atoms with Gasteiger partial charge in [0.05, 0.1) is 5.69 Å². The summed E-state index contributed by atoms with van der Waals surface area (Å²) in [6, 6.07) is 0. The minimum Gasteiger partial charge on any atom is -0.345 e. The van der Waals surface area contributed by atoms with Crippen LogP contribution in [0.4, 0.5) is 5.13 Å². The van der Waals surface area contributed by atoms with Gasteiger partial charge in [-0.15, -0.1) is 11.3 Å². The third-order valence-electron chi connectivity index (χ3n) is 7.26. The lowest BCUT2D eigenvalue weighted by molar-refractivity contribution is -0.138. The van der Waals surface area contributed by atoms with Gasteiger partial charge >= 0.3 is 0 Å². The molecule has 0 bridgehead atoms. The predicted molar refractivity (Wildman–Crippen MR) is 114 cm³/mol. The number of fused-ring (bicyclic) bond motifs is 1. The summed E-state index contributed by atoms with van der Waals surface area (Å²) in [5.74, 6) is 1.18. The quantitative estimate of drug-likeness (QED) is 0.760. The number of likely N-dealkylation sites (tertiary alicyclic amines) is 1. The highest BCUT2D eigenvalue weighted by Gasteiger charge is 2.34. The minimum atomic E-state index is 0.144. The second-order valence-electron chi connectivity index (χ2n) is 9.13. The summed E-state index contributed by atoms with van der Waals surface area (Å²) in [4.78, 5) is 38.1. The zero-order valence-corrected chi connectivity index (χ0v) is 18.1. The van der Waals surface area contributed by atoms with Gasteiger partial charge in [0.25, 0.3) is 0 Å². The molecule has 1 atom stereocenters. The van der Waals surface area contributed by atoms with E-state index in [0.717, 1.165) is 89.3 Å². The first-order valence-corrected chi connectivity index (χ1v) is 12.3. The van der Waals surface area contributed by atoms with Crippen molar-refractivity contribution in [3.63, 3.8) is 0 Å². The van der Waals surface area contributed by atoms with Crippen molar-refractivity contribution in [2.75, 3.05) is 44.2 Å². The van der Waals surface area contributed by atoms with E-state index in [-0.39, 0.29) is 5.92 Å². The number of piperidine rings is 1. The number of rotatable bonds is 3. The molecule has 0 aromatic carbocycles. The number of aromatic nitrogens is 1. The van der Waals surface area contributed by atoms with E-state index >= 15 is 0 Å². The van der Waals surface area contributed by atoms with E-state index in [9.17, 15) is 9.59 Å². The Morgan fingerprint density at radius 1 is 0.793 bits per heavy atom. The fourth-order valence-corrected chi connectivity index (χ4v) is 6.35. The molecule has 3 heterocycles. The maximum atomic E-state index is 12.9. The normalized spacial score (nSPS) is 25.5. The van der Waals surface area contributed by atoms with Gasteiger partial charge in [-0.3, -0.25) is 9.59 Å². The standard InChI is InChI=1S/C22H32N4O2S/c27-20(16-5-4-6-16)25-11-13-26(14-12-25)22-23-18-8-7-17(15-19(18)29-22)21(28)24-9-2-1-3-10-24/h16-17H,1-15H2/t17-/m1/s1. The second-order valence-corrected chi connectivity index (χ2v) is 10.2. The van der Waals surface area contributed by atoms with Crippen LogP contribution in [0.25, 0.3) is 0 Å². The van der Waals surface area contributed by atoms with E-state index in [1.165, 1.54) is 23.4 Å². The number of carbonyl (C=O) groups is 2. The summed E-state index contributed by atoms with van der Waals surface area (Å²) in [6.45, 7) is 5.27. The summed E-state index contributed by atoms with van der Waals surface area (Å²) in [7, 11) is 0. The maximum absolute atomic E-state index is 12.9. The minimum absolute atomic E-state index is 0.144. The van der Waals surface area contributed by atoms with Crippen molar-refractivity contribution in [3.05, 3.63) is 10.6 Å². The van der Waals surface area contributed by atoms with Crippen LogP contribution < -0.4 is 4.90 Å². The van der Waals surface area contributed by atoms with Crippen LogP contribution in [-0.2, 0) is 22.4 Å². The van der Waals surface area contributed by atoms with Crippen molar-refractivity contribution in [2.24, 2.45) is 11.8 Å². The first-order valence-electron chi connectivity index (χ1n) is 11.5. The Morgan fingerprint density at radius 3 is 2.17 bits per heavy atom. The highest BCUT2D eigenvalue weighted by molar-refractivity contribution is 7.15. The predicted octanol–water partition coefficient (Wildman–Crippen LogP) is 2.71. The molecule has 2 amide bonds. The third-order valence-corrected chi connectivity index (χ3v) is 8.44. The molecule has 2 aliphatic carbocycles. The van der Waals surface area contributed by atoms with Crippen molar-refractivity contribution in [1.29, 1.82) is 0 Å². The number of hydrogen-bond acceptors (Lipinski definition) is 5. The van der Waals surface area contributed by atoms with Gasteiger partial charge in [-0.25, -0.2) is 4.98 Å². The fourth-order valence-electron chi connectivity index (χ4n) is 5.11. The summed E-state index contributed by atoms with van der Waals surface area (Å²) >= 11 is 1.78. The highest BCUT2D eigenvalue weighted by Crippen LogP contribution is 2.36. The molecule has 0 N–H and O–H groups in total. The fraction of sp³-hybridized carbons (Fsp3) is 0.773. The number of thiazole rings is 1. The molecular weight excluding hydrogens is 384 g/mol. The molecule has 0 spiro atoms. The highest BCUT2D eigenvalue weighted by atomic mass is 32.1. The van der Waals surface area contributed by atoms with Crippen LogP contribution in [0.15, 0.2) is 0 Å². The Bertz CT molecular complexity index is 761. The topological polar surface area (TPSA) is 56.8 Å². The molecule has 0 unspecified atom stereocenters. The van der Waals surface area contributed by atoms with Gasteiger partial charge < -0.3 is 14.7 Å². The lowest BCUT2D eigenvalue weighted by atomic mass is 9.84. The van der Waals surface area contributed by atoms with Crippen molar-refractivity contribution >= 4 is 28.3 Å². The second kappa shape index (κ2) is 8.25. The first kappa shape index (κ1) is 19.3. The Labute approximate surface area is 177 Å². The Balaban J connectivity index is 1.18. The smallest absolute Gasteiger partial charge is 0.226 e. The van der Waals surface area contributed by atoms with E-state index in [1.807, 2.05) is 0 Å². The summed E-state index contributed by atoms with van der Waals surface area (Å²) in [5.41, 5.74) is 1.21. The molecule has 1 saturated carbocycles. The Kier molecular flexibility index (Phi) is 5.50. The lowest BCUT2D eigenvalue weighted by Gasteiger charge is -2.38. The molecule has 5 rings (SSSR count). The molecular formula is C22H32N4O2S. The number of nitrogens with zero attached hydrogens (tertiary/aromatic N) is 4. The van der Waals surface area contributed by atoms with E-state index in [2.05, 4.69) is 14.7 Å². The van der Waals surface area contributed by atoms with Gasteiger partial charge in [-0.1, -0.05) is 6.42 Å². The molecule has 1 aromatic rings. The first-order chi connectivity index (χ1) is 14.2. The molecule has 1 aromatic heterocycles. The van der Waals surface area contributed by atoms with Crippen molar-refractivity contribution < 1.29 is 9.59 Å². The number of piperazine rings is 1. The number of hydrogen-bond donors (Lipinski definition) is 0. The zero-order valence-electron chi connectivity index (χ0n) is 17.3. The molecule has 0 radical (unpaired) electrons. The van der Waals surface area contributed by atoms with Crippen LogP contribution in [0.1, 0.15) is 55.5 Å². The van der Waals surface area contributed by atoms with Gasteiger partial charge in [0.15, 0.2) is 5.13 Å². The monoisotopic (exact) mass is 416 g/mol. The third kappa shape index (κ3) is 3.90. The lowest BCUT2D eigenvalue weighted by Crippen LogP contribution is -2.51. The summed E-state index contributed by atoms with van der Waals surface area (Å²) in [5, 5.41) is 1.09. The molecule has 7 heteroatoms. The number of amides is 2. The van der Waals surface area contributed by atoms with Crippen LogP contribution in [-0.4, -0.2) is 65.9 Å². The number of anilines is 1. The Hall–Kier alpha value is -1.63. The molecule has 3 fully saturated rings. The van der Waals surface area contributed by atoms with Crippen LogP contribution >= 0.6 is 11.3 Å². The molecule has 2 saturated heterocycles. The summed E-state index contributed by atoms with van der Waals surface area (Å²) < 4.78 is 0. The largest absolute Gasteiger partial charge is 0.345 e. The summed E-state index contributed by atoms with van der Waals surface area (Å²) in [6.07, 6.45) is 9.67. The number of aryl methyl sites for hydroxylation is 1. The van der Waals surface area contributed by atoms with Crippen LogP contribution in [0, 0.1) is 11.8 Å². The van der Waals surface area contributed by atoms with Gasteiger partial charge in [0, 0.05) is 56.0 Å². The number of carbonyl (C=O) groups excluding carboxylic acids is 2. The van der Waals surface area contributed by atoms with Crippen LogP contribution in [0.2, 0.25) is 0 Å². The van der Waals surface area contributed by atoms with E-state index in [4.69, 9.17) is 4.98 Å². The van der Waals surface area contributed by atoms with E-state index < -0.39 is 0 Å². The van der Waals surface area contributed by atoms with E-state index in [1.54, 1.807) is 11.3 Å². The molecule has 4 aliphatic rings. The average molecular weight is 417 g/mol. The maximum Gasteiger partial charge on any atom is 0.226 e. The zero-order chi connectivity index (χ0) is 19.8. The van der Waals surface area contributed by atoms with Gasteiger partial charge in [0.2, 0.25) is 11.8 Å². The SMILES string of the molecule is O=C(C1CCC1)N1CCN(c2nc3c(s2)C[C@H](C(=O)N2CCCCC2)CC3)CC1. The Morgan fingerprint density at radius 2 is 1.48 bits per heavy atom. The van der Waals surface area contributed by atoms with Crippen LogP contribution in [0.3, 0.4) is 0 Å². The van der Waals surface area contributed by atoms with Gasteiger partial charge in [-0.2, -0.15) is 0 Å². The average Bonchev–Trinajstić information content (AvgIpc) is 3.16. The molecule has 29 heavy (non-hydrogen) atoms. The van der Waals surface area contributed by atoms with Gasteiger partial charge in [-0.05, 0) is 51.4 Å². The van der Waals surface area contributed by atoms with Crippen LogP contribution in [0.5, 0.6) is 0 Å².